The SMILES string of the molecule is COc1cccc([C@H]2CN(C(=O)c3ccc(=O)n(C)n3)C[C@@H]2C(=O)O)c1. The lowest BCUT2D eigenvalue weighted by molar-refractivity contribution is -0.141. The Bertz CT molecular complexity index is 908. The van der Waals surface area contributed by atoms with Crippen molar-refractivity contribution in [1.82, 2.24) is 14.7 Å². The van der Waals surface area contributed by atoms with Crippen molar-refractivity contribution in [1.29, 1.82) is 0 Å². The first kappa shape index (κ1) is 17.7. The van der Waals surface area contributed by atoms with Crippen molar-refractivity contribution in [2.75, 3.05) is 20.2 Å². The van der Waals surface area contributed by atoms with Crippen LogP contribution in [-0.2, 0) is 11.8 Å². The predicted octanol–water partition coefficient (Wildman–Crippen LogP) is 0.729. The van der Waals surface area contributed by atoms with Crippen LogP contribution in [0.5, 0.6) is 5.75 Å². The number of aliphatic carboxylic acids is 1. The summed E-state index contributed by atoms with van der Waals surface area (Å²) in [5.74, 6) is -1.78. The molecule has 1 aromatic carbocycles. The first-order valence-corrected chi connectivity index (χ1v) is 8.11. The van der Waals surface area contributed by atoms with E-state index in [4.69, 9.17) is 4.74 Å². The Hall–Kier alpha value is -3.16. The number of carbonyl (C=O) groups is 2. The molecule has 2 heterocycles. The lowest BCUT2D eigenvalue weighted by atomic mass is 9.89. The molecule has 1 N–H and O–H groups in total. The molecule has 1 amide bonds. The molecule has 0 saturated carbocycles. The number of rotatable bonds is 4. The van der Waals surface area contributed by atoms with Crippen LogP contribution in [-0.4, -0.2) is 51.9 Å². The van der Waals surface area contributed by atoms with Crippen molar-refractivity contribution in [2.45, 2.75) is 5.92 Å². The van der Waals surface area contributed by atoms with Gasteiger partial charge in [-0.05, 0) is 23.8 Å². The molecule has 3 rings (SSSR count). The molecular formula is C18H19N3O5. The molecule has 1 aliphatic rings. The van der Waals surface area contributed by atoms with Crippen LogP contribution in [0.4, 0.5) is 0 Å². The summed E-state index contributed by atoms with van der Waals surface area (Å²) in [5.41, 5.74) is 0.601. The lowest BCUT2D eigenvalue weighted by Crippen LogP contribution is -2.32. The molecule has 0 aliphatic carbocycles. The third-order valence-corrected chi connectivity index (χ3v) is 4.63. The summed E-state index contributed by atoms with van der Waals surface area (Å²) in [4.78, 5) is 37.3. The molecule has 2 aromatic rings. The van der Waals surface area contributed by atoms with E-state index < -0.39 is 17.8 Å². The van der Waals surface area contributed by atoms with Gasteiger partial charge in [-0.3, -0.25) is 14.4 Å². The van der Waals surface area contributed by atoms with E-state index in [0.29, 0.717) is 5.75 Å². The number of methoxy groups -OCH3 is 1. The minimum absolute atomic E-state index is 0.0839. The summed E-state index contributed by atoms with van der Waals surface area (Å²) in [6, 6.07) is 9.84. The maximum Gasteiger partial charge on any atom is 0.308 e. The Balaban J connectivity index is 1.89. The van der Waals surface area contributed by atoms with Crippen molar-refractivity contribution < 1.29 is 19.4 Å². The van der Waals surface area contributed by atoms with Gasteiger partial charge in [-0.1, -0.05) is 12.1 Å². The fourth-order valence-electron chi connectivity index (χ4n) is 3.21. The van der Waals surface area contributed by atoms with E-state index in [9.17, 15) is 19.5 Å². The second-order valence-corrected chi connectivity index (χ2v) is 6.22. The highest BCUT2D eigenvalue weighted by Crippen LogP contribution is 2.34. The summed E-state index contributed by atoms with van der Waals surface area (Å²) >= 11 is 0. The number of nitrogens with zero attached hydrogens (tertiary/aromatic N) is 3. The average molecular weight is 357 g/mol. The summed E-state index contributed by atoms with van der Waals surface area (Å²) in [6.07, 6.45) is 0. The molecule has 8 nitrogen and oxygen atoms in total. The van der Waals surface area contributed by atoms with Crippen LogP contribution >= 0.6 is 0 Å². The highest BCUT2D eigenvalue weighted by molar-refractivity contribution is 5.93. The van der Waals surface area contributed by atoms with Gasteiger partial charge < -0.3 is 14.7 Å². The topological polar surface area (TPSA) is 102 Å². The van der Waals surface area contributed by atoms with Crippen LogP contribution in [0.15, 0.2) is 41.2 Å². The molecule has 1 saturated heterocycles. The quantitative estimate of drug-likeness (QED) is 0.865. The Morgan fingerprint density at radius 1 is 1.23 bits per heavy atom. The monoisotopic (exact) mass is 357 g/mol. The molecule has 26 heavy (non-hydrogen) atoms. The maximum absolute atomic E-state index is 12.7. The number of amides is 1. The molecule has 0 unspecified atom stereocenters. The normalized spacial score (nSPS) is 19.4. The van der Waals surface area contributed by atoms with Gasteiger partial charge in [0.25, 0.3) is 11.5 Å². The summed E-state index contributed by atoms with van der Waals surface area (Å²) in [6.45, 7) is 0.341. The van der Waals surface area contributed by atoms with Crippen LogP contribution in [0.1, 0.15) is 22.0 Å². The molecule has 1 aromatic heterocycles. The van der Waals surface area contributed by atoms with E-state index >= 15 is 0 Å². The fraction of sp³-hybridized carbons (Fsp3) is 0.333. The summed E-state index contributed by atoms with van der Waals surface area (Å²) in [7, 11) is 3.01. The first-order chi connectivity index (χ1) is 12.4. The van der Waals surface area contributed by atoms with Crippen molar-refractivity contribution in [2.24, 2.45) is 13.0 Å². The van der Waals surface area contributed by atoms with Gasteiger partial charge in [0.05, 0.1) is 13.0 Å². The van der Waals surface area contributed by atoms with Gasteiger partial charge in [0.2, 0.25) is 0 Å². The minimum atomic E-state index is -0.957. The minimum Gasteiger partial charge on any atom is -0.497 e. The van der Waals surface area contributed by atoms with Gasteiger partial charge in [-0.25, -0.2) is 4.68 Å². The number of carboxylic acids is 1. The standard InChI is InChI=1S/C18H19N3O5/c1-20-16(22)7-6-15(19-20)17(23)21-9-13(14(10-21)18(24)25)11-4-3-5-12(8-11)26-2/h3-8,13-14H,9-10H2,1-2H3,(H,24,25)/t13-,14+/m1/s1. The number of hydrogen-bond acceptors (Lipinski definition) is 5. The Kier molecular flexibility index (Phi) is 4.75. The molecule has 2 atom stereocenters. The Morgan fingerprint density at radius 3 is 2.65 bits per heavy atom. The zero-order valence-corrected chi connectivity index (χ0v) is 14.5. The van der Waals surface area contributed by atoms with Gasteiger partial charge in [0.15, 0.2) is 0 Å². The average Bonchev–Trinajstić information content (AvgIpc) is 3.09. The van der Waals surface area contributed by atoms with E-state index in [1.165, 1.54) is 24.1 Å². The molecule has 136 valence electrons. The first-order valence-electron chi connectivity index (χ1n) is 8.11. The van der Waals surface area contributed by atoms with Crippen LogP contribution in [0.3, 0.4) is 0 Å². The van der Waals surface area contributed by atoms with E-state index in [0.717, 1.165) is 10.2 Å². The zero-order chi connectivity index (χ0) is 18.8. The highest BCUT2D eigenvalue weighted by Gasteiger charge is 2.41. The van der Waals surface area contributed by atoms with Crippen LogP contribution in [0.2, 0.25) is 0 Å². The van der Waals surface area contributed by atoms with Crippen LogP contribution in [0, 0.1) is 5.92 Å². The van der Waals surface area contributed by atoms with E-state index in [2.05, 4.69) is 5.10 Å². The molecule has 0 radical (unpaired) electrons. The van der Waals surface area contributed by atoms with Gasteiger partial charge in [-0.15, -0.1) is 0 Å². The Morgan fingerprint density at radius 2 is 2.00 bits per heavy atom. The second-order valence-electron chi connectivity index (χ2n) is 6.22. The largest absolute Gasteiger partial charge is 0.497 e. The third-order valence-electron chi connectivity index (χ3n) is 4.63. The summed E-state index contributed by atoms with van der Waals surface area (Å²) < 4.78 is 6.29. The van der Waals surface area contributed by atoms with Gasteiger partial charge in [-0.2, -0.15) is 5.10 Å². The van der Waals surface area contributed by atoms with Crippen LogP contribution < -0.4 is 10.3 Å². The van der Waals surface area contributed by atoms with E-state index in [1.807, 2.05) is 6.07 Å². The number of aryl methyl sites for hydroxylation is 1. The second kappa shape index (κ2) is 6.99. The molecule has 1 aliphatic heterocycles. The van der Waals surface area contributed by atoms with Crippen molar-refractivity contribution in [3.05, 3.63) is 58.0 Å². The lowest BCUT2D eigenvalue weighted by Gasteiger charge is -2.16. The summed E-state index contributed by atoms with van der Waals surface area (Å²) in [5, 5.41) is 13.5. The van der Waals surface area contributed by atoms with E-state index in [1.54, 1.807) is 25.3 Å². The fourth-order valence-corrected chi connectivity index (χ4v) is 3.21. The Labute approximate surface area is 149 Å². The van der Waals surface area contributed by atoms with Crippen molar-refractivity contribution in [3.63, 3.8) is 0 Å². The van der Waals surface area contributed by atoms with Crippen LogP contribution in [0.25, 0.3) is 0 Å². The third kappa shape index (κ3) is 3.30. The molecule has 0 bridgehead atoms. The van der Waals surface area contributed by atoms with E-state index in [-0.39, 0.29) is 30.3 Å². The van der Waals surface area contributed by atoms with Gasteiger partial charge >= 0.3 is 5.97 Å². The molecule has 1 fully saturated rings. The number of aromatic nitrogens is 2. The smallest absolute Gasteiger partial charge is 0.308 e. The predicted molar refractivity (Wildman–Crippen MR) is 92.2 cm³/mol. The number of carboxylic acid groups (broad SMARTS) is 1. The maximum atomic E-state index is 12.7. The highest BCUT2D eigenvalue weighted by atomic mass is 16.5. The number of carbonyl (C=O) groups excluding carboxylic acids is 1. The number of ether oxygens (including phenoxy) is 1. The number of hydrogen-bond donors (Lipinski definition) is 1. The van der Waals surface area contributed by atoms with Crippen molar-refractivity contribution in [3.8, 4) is 5.75 Å². The van der Waals surface area contributed by atoms with Gasteiger partial charge in [0.1, 0.15) is 11.4 Å². The molecular weight excluding hydrogens is 338 g/mol. The molecule has 8 heteroatoms. The number of benzene rings is 1. The zero-order valence-electron chi connectivity index (χ0n) is 14.5. The van der Waals surface area contributed by atoms with Crippen molar-refractivity contribution >= 4 is 11.9 Å². The van der Waals surface area contributed by atoms with Gasteiger partial charge in [0, 0.05) is 32.1 Å². The molecule has 0 spiro atoms. The number of likely N-dealkylation sites (tertiary alicyclic amines) is 1.